The maximum absolute atomic E-state index is 7.28. The molecule has 312 valence electrons. The first-order chi connectivity index (χ1) is 32.5. The average Bonchev–Trinajstić information content (AvgIpc) is 3.99. The van der Waals surface area contributed by atoms with E-state index in [4.69, 9.17) is 4.42 Å². The van der Waals surface area contributed by atoms with Crippen molar-refractivity contribution >= 4 is 39.0 Å². The van der Waals surface area contributed by atoms with Crippen molar-refractivity contribution < 1.29 is 4.42 Å². The molecule has 11 aromatic rings. The smallest absolute Gasteiger partial charge is 0.140 e. The molecule has 2 aliphatic rings. The first-order valence-corrected chi connectivity index (χ1v) is 23.0. The van der Waals surface area contributed by atoms with Crippen molar-refractivity contribution in [3.63, 3.8) is 0 Å². The molecule has 0 saturated heterocycles. The van der Waals surface area contributed by atoms with Crippen molar-refractivity contribution in [2.24, 2.45) is 0 Å². The van der Waals surface area contributed by atoms with E-state index in [0.717, 1.165) is 44.6 Å². The number of rotatable bonds is 7. The van der Waals surface area contributed by atoms with Crippen LogP contribution in [0.2, 0.25) is 0 Å². The summed E-state index contributed by atoms with van der Waals surface area (Å²) in [4.78, 5) is 2.44. The van der Waals surface area contributed by atoms with Crippen LogP contribution in [-0.2, 0) is 10.8 Å². The third-order valence-corrected chi connectivity index (χ3v) is 14.6. The van der Waals surface area contributed by atoms with Crippen molar-refractivity contribution in [2.75, 3.05) is 4.90 Å². The van der Waals surface area contributed by atoms with Crippen molar-refractivity contribution in [1.82, 2.24) is 0 Å². The molecule has 0 radical (unpaired) electrons. The molecule has 0 spiro atoms. The number of hydrogen-bond donors (Lipinski definition) is 0. The van der Waals surface area contributed by atoms with E-state index >= 15 is 0 Å². The Balaban J connectivity index is 1.02. The van der Waals surface area contributed by atoms with Gasteiger partial charge >= 0.3 is 0 Å². The molecule has 0 unspecified atom stereocenters. The number of para-hydroxylation sites is 1. The molecular formula is C64H45NO. The normalized spacial score (nSPS) is 13.8. The van der Waals surface area contributed by atoms with Crippen LogP contribution in [0.15, 0.2) is 241 Å². The molecule has 1 aromatic heterocycles. The summed E-state index contributed by atoms with van der Waals surface area (Å²) in [6.45, 7) is 4.72. The average molecular weight is 844 g/mol. The quantitative estimate of drug-likeness (QED) is 0.159. The largest absolute Gasteiger partial charge is 0.456 e. The molecule has 0 fully saturated rings. The molecular weight excluding hydrogens is 799 g/mol. The Kier molecular flexibility index (Phi) is 8.51. The van der Waals surface area contributed by atoms with E-state index < -0.39 is 5.41 Å². The van der Waals surface area contributed by atoms with E-state index in [-0.39, 0.29) is 5.41 Å². The Morgan fingerprint density at radius 2 is 0.848 bits per heavy atom. The van der Waals surface area contributed by atoms with Crippen molar-refractivity contribution in [3.05, 3.63) is 270 Å². The summed E-state index contributed by atoms with van der Waals surface area (Å²) in [5.74, 6) is 0. The lowest BCUT2D eigenvalue weighted by Gasteiger charge is -2.33. The van der Waals surface area contributed by atoms with E-state index in [1.54, 1.807) is 0 Å². The number of anilines is 3. The predicted molar refractivity (Wildman–Crippen MR) is 274 cm³/mol. The zero-order valence-electron chi connectivity index (χ0n) is 36.9. The molecule has 0 aliphatic heterocycles. The topological polar surface area (TPSA) is 16.4 Å². The first-order valence-electron chi connectivity index (χ1n) is 23.0. The van der Waals surface area contributed by atoms with Gasteiger partial charge in [0.25, 0.3) is 0 Å². The van der Waals surface area contributed by atoms with Crippen molar-refractivity contribution in [3.8, 4) is 44.5 Å². The van der Waals surface area contributed by atoms with Gasteiger partial charge in [-0.15, -0.1) is 0 Å². The zero-order chi connectivity index (χ0) is 44.0. The minimum atomic E-state index is -0.600. The van der Waals surface area contributed by atoms with Gasteiger partial charge in [0.15, 0.2) is 0 Å². The summed E-state index contributed by atoms with van der Waals surface area (Å²) < 4.78 is 7.28. The van der Waals surface area contributed by atoms with Crippen LogP contribution >= 0.6 is 0 Å². The highest BCUT2D eigenvalue weighted by molar-refractivity contribution is 6.15. The Labute approximate surface area is 385 Å². The van der Waals surface area contributed by atoms with E-state index in [2.05, 4.69) is 255 Å². The lowest BCUT2D eigenvalue weighted by molar-refractivity contribution is 0.648. The van der Waals surface area contributed by atoms with Crippen LogP contribution in [0.4, 0.5) is 17.1 Å². The fourth-order valence-electron chi connectivity index (χ4n) is 11.5. The molecule has 0 bridgehead atoms. The summed E-state index contributed by atoms with van der Waals surface area (Å²) >= 11 is 0. The maximum Gasteiger partial charge on any atom is 0.140 e. The molecule has 66 heavy (non-hydrogen) atoms. The van der Waals surface area contributed by atoms with Crippen LogP contribution in [0.25, 0.3) is 66.4 Å². The Morgan fingerprint density at radius 3 is 1.50 bits per heavy atom. The molecule has 0 saturated carbocycles. The minimum absolute atomic E-state index is 0.160. The van der Waals surface area contributed by atoms with Crippen LogP contribution in [0.3, 0.4) is 0 Å². The van der Waals surface area contributed by atoms with Gasteiger partial charge in [0.1, 0.15) is 11.2 Å². The summed E-state index contributed by atoms with van der Waals surface area (Å²) in [5, 5.41) is 2.17. The van der Waals surface area contributed by atoms with E-state index in [9.17, 15) is 0 Å². The number of nitrogens with zero attached hydrogens (tertiary/aromatic N) is 1. The van der Waals surface area contributed by atoms with Gasteiger partial charge in [-0.25, -0.2) is 0 Å². The van der Waals surface area contributed by atoms with Gasteiger partial charge in [0, 0.05) is 27.7 Å². The summed E-state index contributed by atoms with van der Waals surface area (Å²) in [6.07, 6.45) is 0. The highest BCUT2D eigenvalue weighted by Crippen LogP contribution is 2.58. The second-order valence-electron chi connectivity index (χ2n) is 18.4. The molecule has 10 aromatic carbocycles. The molecule has 0 atom stereocenters. The second-order valence-corrected chi connectivity index (χ2v) is 18.4. The predicted octanol–water partition coefficient (Wildman–Crippen LogP) is 17.1. The highest BCUT2D eigenvalue weighted by Gasteiger charge is 2.47. The monoisotopic (exact) mass is 843 g/mol. The molecule has 2 aliphatic carbocycles. The van der Waals surface area contributed by atoms with Gasteiger partial charge < -0.3 is 9.32 Å². The Bertz CT molecular complexity index is 3610. The molecule has 1 heterocycles. The summed E-state index contributed by atoms with van der Waals surface area (Å²) in [5.41, 5.74) is 21.7. The van der Waals surface area contributed by atoms with Gasteiger partial charge in [0.2, 0.25) is 0 Å². The third-order valence-electron chi connectivity index (χ3n) is 14.6. The van der Waals surface area contributed by atoms with Crippen LogP contribution in [0, 0.1) is 0 Å². The van der Waals surface area contributed by atoms with Gasteiger partial charge in [-0.3, -0.25) is 0 Å². The summed E-state index contributed by atoms with van der Waals surface area (Å²) in [7, 11) is 0. The molecule has 13 rings (SSSR count). The van der Waals surface area contributed by atoms with Crippen LogP contribution in [0.1, 0.15) is 47.2 Å². The Morgan fingerprint density at radius 1 is 0.364 bits per heavy atom. The van der Waals surface area contributed by atoms with E-state index in [1.165, 1.54) is 72.3 Å². The number of furan rings is 1. The maximum atomic E-state index is 7.28. The lowest BCUT2D eigenvalue weighted by Crippen LogP contribution is -2.28. The van der Waals surface area contributed by atoms with Crippen molar-refractivity contribution in [2.45, 2.75) is 24.7 Å². The third kappa shape index (κ3) is 5.55. The van der Waals surface area contributed by atoms with Gasteiger partial charge in [-0.05, 0) is 109 Å². The molecule has 2 heteroatoms. The zero-order valence-corrected chi connectivity index (χ0v) is 36.9. The standard InChI is InChI=1S/C64H45NO/c1-63(2)54-25-12-9-21-49(54)52-40-39-48(41-58(52)63)65(47-37-35-45(36-38-47)44-33-31-43(32-34-44)42-17-5-3-6-18-42)59-29-16-30-60-61(59)53-24-15-28-57(62(53)66-60)64(46-19-7-4-8-20-46)55-26-13-10-22-50(55)51-23-11-14-27-56(51)64/h3-41H,1-2H3. The number of fused-ring (bicyclic) bond motifs is 9. The molecule has 0 N–H and O–H groups in total. The van der Waals surface area contributed by atoms with Crippen LogP contribution < -0.4 is 4.90 Å². The van der Waals surface area contributed by atoms with E-state index in [0.29, 0.717) is 0 Å². The first kappa shape index (κ1) is 38.3. The van der Waals surface area contributed by atoms with Crippen LogP contribution in [0.5, 0.6) is 0 Å². The minimum Gasteiger partial charge on any atom is -0.456 e. The Hall–Kier alpha value is -8.20. The van der Waals surface area contributed by atoms with Gasteiger partial charge in [0.05, 0.1) is 16.5 Å². The van der Waals surface area contributed by atoms with Gasteiger partial charge in [-0.1, -0.05) is 214 Å². The number of hydrogen-bond acceptors (Lipinski definition) is 2. The molecule has 0 amide bonds. The highest BCUT2D eigenvalue weighted by atomic mass is 16.3. The van der Waals surface area contributed by atoms with E-state index in [1.807, 2.05) is 0 Å². The fraction of sp³-hybridized carbons (Fsp3) is 0.0625. The van der Waals surface area contributed by atoms with Crippen LogP contribution in [-0.4, -0.2) is 0 Å². The number of benzene rings is 10. The molecule has 2 nitrogen and oxygen atoms in total. The lowest BCUT2D eigenvalue weighted by atomic mass is 9.67. The van der Waals surface area contributed by atoms with Gasteiger partial charge in [-0.2, -0.15) is 0 Å². The summed E-state index contributed by atoms with van der Waals surface area (Å²) in [6, 6.07) is 86.7. The second kappa shape index (κ2) is 14.7. The SMILES string of the molecule is CC1(C)c2ccccc2-c2ccc(N(c3ccc(-c4ccc(-c5ccccc5)cc4)cc3)c3cccc4oc5c(C6(c7ccccc7)c7ccccc7-c7ccccc76)cccc5c34)cc21. The fourth-order valence-corrected chi connectivity index (χ4v) is 11.5. The van der Waals surface area contributed by atoms with Crippen molar-refractivity contribution in [1.29, 1.82) is 0 Å².